The minimum Gasteiger partial charge on any atom is -0.463 e. The molecule has 0 fully saturated rings. The van der Waals surface area contributed by atoms with Crippen LogP contribution in [0.4, 0.5) is 0 Å². The second kappa shape index (κ2) is 6.48. The summed E-state index contributed by atoms with van der Waals surface area (Å²) in [6.07, 6.45) is 2.32. The van der Waals surface area contributed by atoms with Crippen LogP contribution in [0.3, 0.4) is 0 Å². The van der Waals surface area contributed by atoms with Crippen molar-refractivity contribution in [3.05, 3.63) is 46.0 Å². The van der Waals surface area contributed by atoms with Crippen LogP contribution in [0.25, 0.3) is 0 Å². The number of benzene rings is 1. The van der Waals surface area contributed by atoms with Crippen molar-refractivity contribution in [1.82, 2.24) is 0 Å². The van der Waals surface area contributed by atoms with Crippen LogP contribution in [0.5, 0.6) is 0 Å². The normalized spacial score (nSPS) is 11.3. The molecule has 1 rings (SSSR count). The van der Waals surface area contributed by atoms with E-state index in [1.54, 1.807) is 13.0 Å². The molecule has 0 radical (unpaired) electrons. The highest BCUT2D eigenvalue weighted by atomic mass is 79.9. The van der Waals surface area contributed by atoms with Crippen LogP contribution in [-0.2, 0) is 16.0 Å². The van der Waals surface area contributed by atoms with Gasteiger partial charge in [0.2, 0.25) is 0 Å². The summed E-state index contributed by atoms with van der Waals surface area (Å²) in [6.45, 7) is 4.15. The van der Waals surface area contributed by atoms with Crippen LogP contribution < -0.4 is 0 Å². The molecule has 3 heteroatoms. The molecule has 0 atom stereocenters. The fraction of sp³-hybridized carbons (Fsp3) is 0.308. The molecule has 2 nitrogen and oxygen atoms in total. The van der Waals surface area contributed by atoms with Gasteiger partial charge in [0.15, 0.2) is 0 Å². The Morgan fingerprint density at radius 1 is 1.38 bits per heavy atom. The standard InChI is InChI=1S/C13H15BrO2/c1-3-16-13(15)9-10(2)8-11-4-6-12(14)7-5-11/h4-7,9H,3,8H2,1-2H3. The van der Waals surface area contributed by atoms with E-state index in [0.717, 1.165) is 16.5 Å². The molecule has 0 aromatic heterocycles. The van der Waals surface area contributed by atoms with Crippen molar-refractivity contribution in [2.24, 2.45) is 0 Å². The van der Waals surface area contributed by atoms with E-state index < -0.39 is 0 Å². The van der Waals surface area contributed by atoms with Gasteiger partial charge in [0.25, 0.3) is 0 Å². The molecule has 0 amide bonds. The number of ether oxygens (including phenoxy) is 1. The Labute approximate surface area is 104 Å². The molecule has 0 aliphatic rings. The Kier molecular flexibility index (Phi) is 5.26. The summed E-state index contributed by atoms with van der Waals surface area (Å²) in [5, 5.41) is 0. The lowest BCUT2D eigenvalue weighted by atomic mass is 10.1. The van der Waals surface area contributed by atoms with Crippen molar-refractivity contribution in [1.29, 1.82) is 0 Å². The van der Waals surface area contributed by atoms with Crippen molar-refractivity contribution in [2.45, 2.75) is 20.3 Å². The molecule has 0 heterocycles. The van der Waals surface area contributed by atoms with Crippen LogP contribution >= 0.6 is 15.9 Å². The summed E-state index contributed by atoms with van der Waals surface area (Å²) in [4.78, 5) is 11.2. The number of halogens is 1. The van der Waals surface area contributed by atoms with E-state index in [1.165, 1.54) is 5.56 Å². The predicted molar refractivity (Wildman–Crippen MR) is 68.2 cm³/mol. The summed E-state index contributed by atoms with van der Waals surface area (Å²) in [7, 11) is 0. The zero-order valence-corrected chi connectivity index (χ0v) is 11.1. The molecule has 16 heavy (non-hydrogen) atoms. The topological polar surface area (TPSA) is 26.3 Å². The van der Waals surface area contributed by atoms with Crippen LogP contribution in [0.2, 0.25) is 0 Å². The Balaban J connectivity index is 2.60. The Morgan fingerprint density at radius 3 is 2.56 bits per heavy atom. The third-order valence-electron chi connectivity index (χ3n) is 2.05. The average Bonchev–Trinajstić information content (AvgIpc) is 2.21. The summed E-state index contributed by atoms with van der Waals surface area (Å²) in [6, 6.07) is 8.05. The largest absolute Gasteiger partial charge is 0.463 e. The number of allylic oxidation sites excluding steroid dienone is 1. The van der Waals surface area contributed by atoms with Gasteiger partial charge in [-0.25, -0.2) is 4.79 Å². The van der Waals surface area contributed by atoms with Gasteiger partial charge in [-0.3, -0.25) is 0 Å². The van der Waals surface area contributed by atoms with E-state index >= 15 is 0 Å². The summed E-state index contributed by atoms with van der Waals surface area (Å²) < 4.78 is 5.91. The van der Waals surface area contributed by atoms with Crippen LogP contribution in [0, 0.1) is 0 Å². The maximum atomic E-state index is 11.2. The first-order valence-corrected chi connectivity index (χ1v) is 5.99. The van der Waals surface area contributed by atoms with Crippen LogP contribution in [0.1, 0.15) is 19.4 Å². The summed E-state index contributed by atoms with van der Waals surface area (Å²) in [5.41, 5.74) is 2.18. The van der Waals surface area contributed by atoms with Gasteiger partial charge in [-0.05, 0) is 38.0 Å². The molecule has 0 saturated carbocycles. The molecule has 0 spiro atoms. The second-order valence-corrected chi connectivity index (χ2v) is 4.46. The molecule has 0 N–H and O–H groups in total. The lowest BCUT2D eigenvalue weighted by Gasteiger charge is -2.02. The van der Waals surface area contributed by atoms with Crippen molar-refractivity contribution in [2.75, 3.05) is 6.61 Å². The average molecular weight is 283 g/mol. The Hall–Kier alpha value is -1.09. The van der Waals surface area contributed by atoms with Crippen molar-refractivity contribution in [3.63, 3.8) is 0 Å². The van der Waals surface area contributed by atoms with E-state index in [-0.39, 0.29) is 5.97 Å². The maximum absolute atomic E-state index is 11.2. The molecule has 0 aliphatic carbocycles. The van der Waals surface area contributed by atoms with Gasteiger partial charge in [0.05, 0.1) is 6.61 Å². The van der Waals surface area contributed by atoms with E-state index in [2.05, 4.69) is 15.9 Å². The first-order valence-electron chi connectivity index (χ1n) is 5.20. The lowest BCUT2D eigenvalue weighted by molar-refractivity contribution is -0.137. The molecule has 1 aromatic rings. The Bertz CT molecular complexity index is 379. The number of esters is 1. The lowest BCUT2D eigenvalue weighted by Crippen LogP contribution is -2.01. The highest BCUT2D eigenvalue weighted by Gasteiger charge is 1.99. The van der Waals surface area contributed by atoms with Gasteiger partial charge in [0, 0.05) is 10.5 Å². The third-order valence-corrected chi connectivity index (χ3v) is 2.58. The van der Waals surface area contributed by atoms with Crippen molar-refractivity contribution < 1.29 is 9.53 Å². The van der Waals surface area contributed by atoms with Crippen LogP contribution in [-0.4, -0.2) is 12.6 Å². The van der Waals surface area contributed by atoms with Gasteiger partial charge >= 0.3 is 5.97 Å². The first kappa shape index (κ1) is 13.0. The highest BCUT2D eigenvalue weighted by Crippen LogP contribution is 2.13. The quantitative estimate of drug-likeness (QED) is 0.624. The number of carbonyl (C=O) groups is 1. The summed E-state index contributed by atoms with van der Waals surface area (Å²) in [5.74, 6) is -0.267. The second-order valence-electron chi connectivity index (χ2n) is 3.55. The van der Waals surface area contributed by atoms with Gasteiger partial charge < -0.3 is 4.74 Å². The highest BCUT2D eigenvalue weighted by molar-refractivity contribution is 9.10. The molecule has 0 unspecified atom stereocenters. The molecule has 0 saturated heterocycles. The smallest absolute Gasteiger partial charge is 0.330 e. The number of hydrogen-bond donors (Lipinski definition) is 0. The van der Waals surface area contributed by atoms with Gasteiger partial charge in [0.1, 0.15) is 0 Å². The molecule has 0 aliphatic heterocycles. The zero-order valence-electron chi connectivity index (χ0n) is 9.50. The molecule has 86 valence electrons. The van der Waals surface area contributed by atoms with E-state index in [9.17, 15) is 4.79 Å². The van der Waals surface area contributed by atoms with Crippen molar-refractivity contribution >= 4 is 21.9 Å². The van der Waals surface area contributed by atoms with Gasteiger partial charge in [-0.2, -0.15) is 0 Å². The fourth-order valence-electron chi connectivity index (χ4n) is 1.36. The molecule has 0 bridgehead atoms. The van der Waals surface area contributed by atoms with E-state index in [1.807, 2.05) is 31.2 Å². The zero-order chi connectivity index (χ0) is 12.0. The molecular weight excluding hydrogens is 268 g/mol. The number of carbonyl (C=O) groups excluding carboxylic acids is 1. The number of hydrogen-bond acceptors (Lipinski definition) is 2. The first-order chi connectivity index (χ1) is 7.61. The predicted octanol–water partition coefficient (Wildman–Crippen LogP) is 3.50. The summed E-state index contributed by atoms with van der Waals surface area (Å²) >= 11 is 3.38. The minimum absolute atomic E-state index is 0.267. The van der Waals surface area contributed by atoms with Gasteiger partial charge in [-0.1, -0.05) is 33.6 Å². The number of rotatable bonds is 4. The SMILES string of the molecule is CCOC(=O)C=C(C)Cc1ccc(Br)cc1. The Morgan fingerprint density at radius 2 is 2.00 bits per heavy atom. The van der Waals surface area contributed by atoms with E-state index in [0.29, 0.717) is 6.61 Å². The third kappa shape index (κ3) is 4.62. The van der Waals surface area contributed by atoms with Gasteiger partial charge in [-0.15, -0.1) is 0 Å². The minimum atomic E-state index is -0.267. The fourth-order valence-corrected chi connectivity index (χ4v) is 1.62. The van der Waals surface area contributed by atoms with Crippen molar-refractivity contribution in [3.8, 4) is 0 Å². The maximum Gasteiger partial charge on any atom is 0.330 e. The molecular formula is C13H15BrO2. The van der Waals surface area contributed by atoms with Crippen LogP contribution in [0.15, 0.2) is 40.4 Å². The van der Waals surface area contributed by atoms with E-state index in [4.69, 9.17) is 4.74 Å². The molecule has 1 aromatic carbocycles. The monoisotopic (exact) mass is 282 g/mol.